The van der Waals surface area contributed by atoms with Crippen molar-refractivity contribution in [1.29, 1.82) is 0 Å². The molecule has 0 aliphatic heterocycles. The number of rotatable bonds is 3. The van der Waals surface area contributed by atoms with Crippen molar-refractivity contribution < 1.29 is 0 Å². The molecule has 2 aromatic carbocycles. The van der Waals surface area contributed by atoms with Crippen molar-refractivity contribution in [2.24, 2.45) is 0 Å². The van der Waals surface area contributed by atoms with Gasteiger partial charge in [-0.1, -0.05) is 19.1 Å². The maximum Gasteiger partial charge on any atom is 0.224 e. The summed E-state index contributed by atoms with van der Waals surface area (Å²) in [5.41, 5.74) is 3.83. The highest BCUT2D eigenvalue weighted by Gasteiger charge is 2.09. The molecule has 4 aromatic rings. The Morgan fingerprint density at radius 1 is 1.04 bits per heavy atom. The van der Waals surface area contributed by atoms with Crippen LogP contribution in [0.5, 0.6) is 0 Å². The lowest BCUT2D eigenvalue weighted by atomic mass is 10.1. The van der Waals surface area contributed by atoms with E-state index in [4.69, 9.17) is 11.6 Å². The molecule has 0 amide bonds. The van der Waals surface area contributed by atoms with Gasteiger partial charge < -0.3 is 5.32 Å². The van der Waals surface area contributed by atoms with Crippen molar-refractivity contribution in [2.45, 2.75) is 13.3 Å². The number of H-pyrrole nitrogens is 1. The molecule has 5 nitrogen and oxygen atoms in total. The van der Waals surface area contributed by atoms with Gasteiger partial charge in [0.05, 0.1) is 11.0 Å². The first-order valence-corrected chi connectivity index (χ1v) is 7.78. The number of aromatic nitrogens is 4. The van der Waals surface area contributed by atoms with Crippen LogP contribution in [0.2, 0.25) is 5.28 Å². The Hall–Kier alpha value is -2.66. The minimum Gasteiger partial charge on any atom is -0.340 e. The van der Waals surface area contributed by atoms with Gasteiger partial charge in [-0.2, -0.15) is 10.1 Å². The largest absolute Gasteiger partial charge is 0.340 e. The molecule has 0 spiro atoms. The van der Waals surface area contributed by atoms with Gasteiger partial charge >= 0.3 is 0 Å². The zero-order chi connectivity index (χ0) is 15.8. The van der Waals surface area contributed by atoms with Gasteiger partial charge in [0.15, 0.2) is 0 Å². The first-order chi connectivity index (χ1) is 11.2. The normalized spacial score (nSPS) is 11.2. The molecule has 2 aromatic heterocycles. The van der Waals surface area contributed by atoms with Crippen LogP contribution in [0.4, 0.5) is 11.5 Å². The first kappa shape index (κ1) is 14.0. The predicted molar refractivity (Wildman–Crippen MR) is 93.3 cm³/mol. The summed E-state index contributed by atoms with van der Waals surface area (Å²) in [7, 11) is 0. The Morgan fingerprint density at radius 2 is 1.91 bits per heavy atom. The molecule has 0 saturated heterocycles. The minimum absolute atomic E-state index is 0.227. The highest BCUT2D eigenvalue weighted by Crippen LogP contribution is 2.27. The molecule has 0 aliphatic carbocycles. The number of fused-ring (bicyclic) bond motifs is 2. The fraction of sp³-hybridized carbons (Fsp3) is 0.118. The molecular formula is C17H14ClN5. The predicted octanol–water partition coefficient (Wildman–Crippen LogP) is 4.47. The first-order valence-electron chi connectivity index (χ1n) is 7.41. The molecule has 4 rings (SSSR count). The van der Waals surface area contributed by atoms with Crippen LogP contribution < -0.4 is 5.32 Å². The molecule has 0 bridgehead atoms. The number of halogens is 1. The lowest BCUT2D eigenvalue weighted by Crippen LogP contribution is -1.97. The van der Waals surface area contributed by atoms with Crippen LogP contribution in [-0.2, 0) is 6.42 Å². The standard InChI is InChI=1S/C17H14ClN5/c1-2-13-12-9-10(7-8-15(12)23-22-13)19-16-11-5-3-4-6-14(11)20-17(18)21-16/h3-9H,2H2,1H3,(H,22,23)(H,19,20,21). The van der Waals surface area contributed by atoms with Crippen molar-refractivity contribution >= 4 is 44.9 Å². The van der Waals surface area contributed by atoms with Crippen LogP contribution in [0.25, 0.3) is 21.8 Å². The summed E-state index contributed by atoms with van der Waals surface area (Å²) in [6.45, 7) is 2.10. The molecule has 0 aliphatic rings. The molecule has 114 valence electrons. The SMILES string of the molecule is CCc1[nH]nc2ccc(Nc3nc(Cl)nc4ccccc34)cc12. The minimum atomic E-state index is 0.227. The summed E-state index contributed by atoms with van der Waals surface area (Å²) in [5, 5.41) is 13.0. The van der Waals surface area contributed by atoms with Gasteiger partial charge in [-0.3, -0.25) is 5.10 Å². The van der Waals surface area contributed by atoms with Crippen LogP contribution in [0, 0.1) is 0 Å². The maximum atomic E-state index is 6.04. The molecule has 2 N–H and O–H groups in total. The number of anilines is 2. The average Bonchev–Trinajstić information content (AvgIpc) is 2.97. The van der Waals surface area contributed by atoms with E-state index in [1.807, 2.05) is 36.4 Å². The van der Waals surface area contributed by atoms with E-state index in [-0.39, 0.29) is 5.28 Å². The molecule has 23 heavy (non-hydrogen) atoms. The maximum absolute atomic E-state index is 6.04. The molecule has 0 radical (unpaired) electrons. The number of aryl methyl sites for hydroxylation is 1. The van der Waals surface area contributed by atoms with Gasteiger partial charge in [0.2, 0.25) is 5.28 Å². The van der Waals surface area contributed by atoms with Crippen LogP contribution in [0.1, 0.15) is 12.6 Å². The number of nitrogens with one attached hydrogen (secondary N) is 2. The average molecular weight is 324 g/mol. The molecule has 0 saturated carbocycles. The second-order valence-corrected chi connectivity index (χ2v) is 5.61. The van der Waals surface area contributed by atoms with Gasteiger partial charge in [0.25, 0.3) is 0 Å². The topological polar surface area (TPSA) is 66.5 Å². The Kier molecular flexibility index (Phi) is 3.35. The van der Waals surface area contributed by atoms with Crippen LogP contribution in [0.3, 0.4) is 0 Å². The quantitative estimate of drug-likeness (QED) is 0.546. The van der Waals surface area contributed by atoms with Gasteiger partial charge in [-0.25, -0.2) is 4.98 Å². The second-order valence-electron chi connectivity index (χ2n) is 5.27. The summed E-state index contributed by atoms with van der Waals surface area (Å²) < 4.78 is 0. The highest BCUT2D eigenvalue weighted by molar-refractivity contribution is 6.28. The monoisotopic (exact) mass is 323 g/mol. The van der Waals surface area contributed by atoms with Crippen LogP contribution in [-0.4, -0.2) is 20.2 Å². The third-order valence-electron chi connectivity index (χ3n) is 3.83. The van der Waals surface area contributed by atoms with Crippen molar-refractivity contribution in [2.75, 3.05) is 5.32 Å². The number of hydrogen-bond donors (Lipinski definition) is 2. The summed E-state index contributed by atoms with van der Waals surface area (Å²) in [5.74, 6) is 0.696. The number of benzene rings is 2. The van der Waals surface area contributed by atoms with E-state index in [1.165, 1.54) is 0 Å². The summed E-state index contributed by atoms with van der Waals surface area (Å²) >= 11 is 6.04. The Labute approximate surface area is 137 Å². The summed E-state index contributed by atoms with van der Waals surface area (Å²) in [4.78, 5) is 8.57. The van der Waals surface area contributed by atoms with E-state index < -0.39 is 0 Å². The van der Waals surface area contributed by atoms with Gasteiger partial charge in [-0.15, -0.1) is 0 Å². The fourth-order valence-electron chi connectivity index (χ4n) is 2.69. The molecule has 6 heteroatoms. The highest BCUT2D eigenvalue weighted by atomic mass is 35.5. The fourth-order valence-corrected chi connectivity index (χ4v) is 2.87. The number of para-hydroxylation sites is 1. The van der Waals surface area contributed by atoms with E-state index >= 15 is 0 Å². The van der Waals surface area contributed by atoms with E-state index in [2.05, 4.69) is 38.5 Å². The Bertz CT molecular complexity index is 1010. The number of aromatic amines is 1. The second kappa shape index (κ2) is 5.52. The van der Waals surface area contributed by atoms with Crippen LogP contribution >= 0.6 is 11.6 Å². The van der Waals surface area contributed by atoms with Crippen molar-refractivity contribution in [3.63, 3.8) is 0 Å². The zero-order valence-electron chi connectivity index (χ0n) is 12.5. The van der Waals surface area contributed by atoms with Crippen molar-refractivity contribution in [3.05, 3.63) is 53.4 Å². The smallest absolute Gasteiger partial charge is 0.224 e. The van der Waals surface area contributed by atoms with E-state index in [1.54, 1.807) is 0 Å². The molecule has 2 heterocycles. The number of hydrogen-bond acceptors (Lipinski definition) is 4. The van der Waals surface area contributed by atoms with Gasteiger partial charge in [-0.05, 0) is 48.4 Å². The van der Waals surface area contributed by atoms with E-state index in [0.29, 0.717) is 5.82 Å². The Balaban J connectivity index is 1.81. The summed E-state index contributed by atoms with van der Waals surface area (Å²) in [6.07, 6.45) is 0.905. The lowest BCUT2D eigenvalue weighted by molar-refractivity contribution is 0.988. The van der Waals surface area contributed by atoms with Crippen molar-refractivity contribution in [1.82, 2.24) is 20.2 Å². The zero-order valence-corrected chi connectivity index (χ0v) is 13.2. The van der Waals surface area contributed by atoms with Gasteiger partial charge in [0.1, 0.15) is 5.82 Å². The number of nitrogens with zero attached hydrogens (tertiary/aromatic N) is 3. The molecule has 0 unspecified atom stereocenters. The summed E-state index contributed by atoms with van der Waals surface area (Å²) in [6, 6.07) is 13.8. The van der Waals surface area contributed by atoms with Crippen molar-refractivity contribution in [3.8, 4) is 0 Å². The van der Waals surface area contributed by atoms with Gasteiger partial charge in [0, 0.05) is 22.2 Å². The molecule has 0 fully saturated rings. The van der Waals surface area contributed by atoms with Crippen LogP contribution in [0.15, 0.2) is 42.5 Å². The molecule has 0 atom stereocenters. The molecular weight excluding hydrogens is 310 g/mol. The van der Waals surface area contributed by atoms with E-state index in [9.17, 15) is 0 Å². The third kappa shape index (κ3) is 2.49. The lowest BCUT2D eigenvalue weighted by Gasteiger charge is -2.09. The third-order valence-corrected chi connectivity index (χ3v) is 3.99. The van der Waals surface area contributed by atoms with E-state index in [0.717, 1.165) is 39.6 Å². The Morgan fingerprint density at radius 3 is 2.78 bits per heavy atom.